The van der Waals surface area contributed by atoms with E-state index >= 15 is 0 Å². The Hall–Kier alpha value is -7.23. The Labute approximate surface area is 370 Å². The molecule has 7 rings (SSSR count). The first-order chi connectivity index (χ1) is 30.5. The first-order valence-electron chi connectivity index (χ1n) is 19.5. The van der Waals surface area contributed by atoms with Crippen molar-refractivity contribution in [3.8, 4) is 0 Å². The molecule has 3 aromatic heterocycles. The highest BCUT2D eigenvalue weighted by atomic mass is 35.5. The number of nitrogens with zero attached hydrogens (tertiary/aromatic N) is 3. The predicted octanol–water partition coefficient (Wildman–Crippen LogP) is 2.88. The van der Waals surface area contributed by atoms with Gasteiger partial charge in [-0.15, -0.1) is 0 Å². The first-order valence-corrected chi connectivity index (χ1v) is 19.9. The minimum absolute atomic E-state index is 0.0204. The van der Waals surface area contributed by atoms with Crippen molar-refractivity contribution >= 4 is 58.4 Å². The van der Waals surface area contributed by atoms with Crippen LogP contribution < -0.4 is 44.2 Å². The lowest BCUT2D eigenvalue weighted by Gasteiger charge is -2.25. The number of carbonyl (C=O) groups excluding carboxylic acids is 6. The Morgan fingerprint density at radius 3 is 1.70 bits per heavy atom. The van der Waals surface area contributed by atoms with E-state index in [0.29, 0.717) is 59.5 Å². The Kier molecular flexibility index (Phi) is 16.6. The summed E-state index contributed by atoms with van der Waals surface area (Å²) in [5, 5.41) is 12.2. The number of halogens is 2. The Morgan fingerprint density at radius 1 is 0.656 bits per heavy atom. The van der Waals surface area contributed by atoms with Gasteiger partial charge in [0.15, 0.2) is 0 Å². The van der Waals surface area contributed by atoms with E-state index in [1.54, 1.807) is 38.1 Å². The van der Waals surface area contributed by atoms with Crippen molar-refractivity contribution < 1.29 is 42.6 Å². The van der Waals surface area contributed by atoms with Crippen LogP contribution in [-0.2, 0) is 9.47 Å². The van der Waals surface area contributed by atoms with Gasteiger partial charge in [0, 0.05) is 76.7 Å². The van der Waals surface area contributed by atoms with Gasteiger partial charge in [-0.3, -0.25) is 33.8 Å². The molecule has 2 atom stereocenters. The summed E-state index contributed by atoms with van der Waals surface area (Å²) in [7, 11) is 0. The number of ether oxygens (including phenoxy) is 2. The molecule has 64 heavy (non-hydrogen) atoms. The summed E-state index contributed by atoms with van der Waals surface area (Å²) in [5.41, 5.74) is 24.2. The van der Waals surface area contributed by atoms with Gasteiger partial charge in [-0.05, 0) is 80.1 Å². The lowest BCUT2D eigenvalue weighted by atomic mass is 10.1. The number of primary amides is 4. The third-order valence-corrected chi connectivity index (χ3v) is 9.63. The molecule has 21 heteroatoms. The molecular formula is C43H45ClFN11O8. The number of aromatic nitrogens is 3. The number of aryl methyl sites for hydroxylation is 2. The molecule has 6 amide bonds. The van der Waals surface area contributed by atoms with Crippen LogP contribution in [0.15, 0.2) is 79.0 Å². The predicted molar refractivity (Wildman–Crippen MR) is 233 cm³/mol. The molecule has 334 valence electrons. The quantitative estimate of drug-likeness (QED) is 0.100. The molecule has 0 aliphatic carbocycles. The van der Waals surface area contributed by atoms with Crippen LogP contribution in [0.3, 0.4) is 0 Å². The fraction of sp³-hybridized carbons (Fsp3) is 0.233. The van der Waals surface area contributed by atoms with Crippen LogP contribution in [0.5, 0.6) is 0 Å². The van der Waals surface area contributed by atoms with Gasteiger partial charge in [0.2, 0.25) is 5.91 Å². The van der Waals surface area contributed by atoms with Gasteiger partial charge < -0.3 is 53.7 Å². The van der Waals surface area contributed by atoms with E-state index in [1.165, 1.54) is 48.7 Å². The molecule has 0 saturated carbocycles. The van der Waals surface area contributed by atoms with Crippen LogP contribution in [0.1, 0.15) is 97.3 Å². The molecule has 5 heterocycles. The second-order valence-corrected chi connectivity index (χ2v) is 14.6. The number of hydrogen-bond acceptors (Lipinski definition) is 13. The molecule has 2 fully saturated rings. The molecule has 19 nitrogen and oxygen atoms in total. The van der Waals surface area contributed by atoms with E-state index in [1.807, 2.05) is 6.07 Å². The highest BCUT2D eigenvalue weighted by Gasteiger charge is 2.21. The molecule has 2 aliphatic rings. The van der Waals surface area contributed by atoms with Crippen molar-refractivity contribution in [1.29, 1.82) is 0 Å². The normalized spacial score (nSPS) is 15.5. The lowest BCUT2D eigenvalue weighted by molar-refractivity contribution is 0.0275. The van der Waals surface area contributed by atoms with Crippen LogP contribution in [0.25, 0.3) is 0 Å². The topological polar surface area (TPSA) is 312 Å². The second kappa shape index (κ2) is 22.2. The Morgan fingerprint density at radius 2 is 1.20 bits per heavy atom. The van der Waals surface area contributed by atoms with Gasteiger partial charge in [0.05, 0.1) is 31.1 Å². The summed E-state index contributed by atoms with van der Waals surface area (Å²) in [6, 6.07) is 18.2. The number of hydrogen-bond donors (Lipinski definition) is 8. The zero-order chi connectivity index (χ0) is 46.5. The first kappa shape index (κ1) is 47.8. The number of rotatable bonds is 10. The molecule has 5 aromatic rings. The SMILES string of the molecule is Cc1cc(C(=O)Nc2ccc([C@H]3CNCCO3)c(Cl)c2)cc(C(N)=O)n1.Cc1cc(C(=O)Nc2ccc([C@H]3CNCCO3)cc2F)cc(C(N)=O)n1.NC(=O)c1ccnc(C(N)=O)c1. The fourth-order valence-electron chi connectivity index (χ4n) is 6.21. The minimum Gasteiger partial charge on any atom is -0.371 e. The zero-order valence-electron chi connectivity index (χ0n) is 34.6. The van der Waals surface area contributed by atoms with Gasteiger partial charge in [-0.2, -0.15) is 0 Å². The van der Waals surface area contributed by atoms with Gasteiger partial charge in [-0.25, -0.2) is 14.4 Å². The van der Waals surface area contributed by atoms with E-state index in [0.717, 1.165) is 18.7 Å². The van der Waals surface area contributed by atoms with Gasteiger partial charge in [-0.1, -0.05) is 23.7 Å². The van der Waals surface area contributed by atoms with Crippen LogP contribution in [0, 0.1) is 19.7 Å². The Bertz CT molecular complexity index is 2540. The number of benzene rings is 2. The van der Waals surface area contributed by atoms with Crippen LogP contribution in [0.4, 0.5) is 15.8 Å². The maximum absolute atomic E-state index is 14.4. The fourth-order valence-corrected chi connectivity index (χ4v) is 6.51. The third-order valence-electron chi connectivity index (χ3n) is 9.31. The van der Waals surface area contributed by atoms with Gasteiger partial charge in [0.25, 0.3) is 29.5 Å². The maximum Gasteiger partial charge on any atom is 0.267 e. The second-order valence-electron chi connectivity index (χ2n) is 14.2. The highest BCUT2D eigenvalue weighted by molar-refractivity contribution is 6.31. The number of morpholine rings is 2. The number of anilines is 2. The zero-order valence-corrected chi connectivity index (χ0v) is 35.3. The van der Waals surface area contributed by atoms with E-state index < -0.39 is 35.4 Å². The van der Waals surface area contributed by atoms with Crippen molar-refractivity contribution in [1.82, 2.24) is 25.6 Å². The van der Waals surface area contributed by atoms with E-state index in [9.17, 15) is 33.2 Å². The molecule has 2 aromatic carbocycles. The summed E-state index contributed by atoms with van der Waals surface area (Å²) in [6.07, 6.45) is 0.978. The minimum atomic E-state index is -0.737. The summed E-state index contributed by atoms with van der Waals surface area (Å²) in [5.74, 6) is -4.21. The van der Waals surface area contributed by atoms with E-state index in [-0.39, 0.29) is 52.0 Å². The van der Waals surface area contributed by atoms with Crippen LogP contribution in [-0.4, -0.2) is 89.8 Å². The van der Waals surface area contributed by atoms with Crippen molar-refractivity contribution in [2.24, 2.45) is 22.9 Å². The molecule has 0 unspecified atom stereocenters. The summed E-state index contributed by atoms with van der Waals surface area (Å²) >= 11 is 6.35. The van der Waals surface area contributed by atoms with Crippen molar-refractivity contribution in [3.05, 3.63) is 146 Å². The van der Waals surface area contributed by atoms with Gasteiger partial charge >= 0.3 is 0 Å². The average Bonchev–Trinajstić information content (AvgIpc) is 3.27. The lowest BCUT2D eigenvalue weighted by Crippen LogP contribution is -2.33. The summed E-state index contributed by atoms with van der Waals surface area (Å²) in [6.45, 7) is 7.41. The smallest absolute Gasteiger partial charge is 0.267 e. The van der Waals surface area contributed by atoms with Crippen molar-refractivity contribution in [2.45, 2.75) is 26.1 Å². The number of amides is 6. The summed E-state index contributed by atoms with van der Waals surface area (Å²) < 4.78 is 25.7. The van der Waals surface area contributed by atoms with Gasteiger partial charge in [0.1, 0.15) is 22.9 Å². The number of pyridine rings is 3. The largest absolute Gasteiger partial charge is 0.371 e. The molecule has 12 N–H and O–H groups in total. The highest BCUT2D eigenvalue weighted by Crippen LogP contribution is 2.29. The molecule has 0 spiro atoms. The van der Waals surface area contributed by atoms with Crippen molar-refractivity contribution in [2.75, 3.05) is 50.0 Å². The third kappa shape index (κ3) is 13.4. The van der Waals surface area contributed by atoms with Crippen LogP contribution in [0.2, 0.25) is 5.02 Å². The maximum atomic E-state index is 14.4. The Balaban J connectivity index is 0.000000193. The van der Waals surface area contributed by atoms with Crippen LogP contribution >= 0.6 is 11.6 Å². The number of carbonyl (C=O) groups is 6. The molecular weight excluding hydrogens is 853 g/mol. The van der Waals surface area contributed by atoms with E-state index in [2.05, 4.69) is 36.2 Å². The summed E-state index contributed by atoms with van der Waals surface area (Å²) in [4.78, 5) is 80.2. The van der Waals surface area contributed by atoms with E-state index in [4.69, 9.17) is 44.0 Å². The average molecular weight is 898 g/mol. The molecule has 2 saturated heterocycles. The molecule has 0 bridgehead atoms. The molecule has 0 radical (unpaired) electrons. The number of nitrogens with two attached hydrogens (primary N) is 4. The monoisotopic (exact) mass is 897 g/mol. The number of nitrogens with one attached hydrogen (secondary N) is 4. The molecule has 2 aliphatic heterocycles. The van der Waals surface area contributed by atoms with Crippen molar-refractivity contribution in [3.63, 3.8) is 0 Å². The standard InChI is InChI=1S/C18H19ClN4O3.C18H19FN4O3.C7H7N3O2/c1-10-6-11(7-15(22-10)17(20)24)18(25)23-12-2-3-13(14(19)8-12)16-9-21-4-5-26-16;1-10-6-12(8-15(22-10)17(20)24)18(25)23-14-3-2-11(7-13(14)19)16-9-21-4-5-26-16;8-6(11)4-1-2-10-5(3-4)7(9)12/h2*2-3,6-8,16,21H,4-5,9H2,1H3,(H2,20,24)(H,23,25);1-3H,(H2,8,11)(H2,9,12)/t2*16-;/m11./s1.